The summed E-state index contributed by atoms with van der Waals surface area (Å²) in [5, 5.41) is 7.82. The average molecular weight is 226 g/mol. The summed E-state index contributed by atoms with van der Waals surface area (Å²) in [6, 6.07) is 0. The van der Waals surface area contributed by atoms with Crippen LogP contribution in [0.4, 0.5) is 0 Å². The van der Waals surface area contributed by atoms with E-state index in [1.165, 1.54) is 0 Å². The summed E-state index contributed by atoms with van der Waals surface area (Å²) in [5.74, 6) is 1.29. The molecule has 0 saturated heterocycles. The Morgan fingerprint density at radius 1 is 1.38 bits per heavy atom. The van der Waals surface area contributed by atoms with Gasteiger partial charge in [0.05, 0.1) is 6.54 Å². The monoisotopic (exact) mass is 226 g/mol. The second kappa shape index (κ2) is 5.41. The molecule has 0 atom stereocenters. The highest BCUT2D eigenvalue weighted by Gasteiger charge is 2.20. The molecule has 0 radical (unpaired) electrons. The Morgan fingerprint density at radius 2 is 2.06 bits per heavy atom. The van der Waals surface area contributed by atoms with Crippen molar-refractivity contribution >= 4 is 0 Å². The lowest BCUT2D eigenvalue weighted by atomic mass is 9.93. The van der Waals surface area contributed by atoms with Crippen molar-refractivity contribution in [2.75, 3.05) is 19.6 Å². The lowest BCUT2D eigenvalue weighted by Gasteiger charge is -2.29. The van der Waals surface area contributed by atoms with E-state index in [0.717, 1.165) is 13.1 Å². The van der Waals surface area contributed by atoms with Gasteiger partial charge in [-0.15, -0.1) is 10.2 Å². The van der Waals surface area contributed by atoms with E-state index in [4.69, 9.17) is 10.2 Å². The summed E-state index contributed by atoms with van der Waals surface area (Å²) < 4.78 is 5.37. The largest absolute Gasteiger partial charge is 0.424 e. The van der Waals surface area contributed by atoms with Gasteiger partial charge in [-0.3, -0.25) is 4.90 Å². The van der Waals surface area contributed by atoms with Gasteiger partial charge in [0, 0.05) is 13.5 Å². The highest BCUT2D eigenvalue weighted by molar-refractivity contribution is 4.81. The van der Waals surface area contributed by atoms with Crippen molar-refractivity contribution in [1.82, 2.24) is 15.1 Å². The van der Waals surface area contributed by atoms with Crippen molar-refractivity contribution < 1.29 is 4.42 Å². The molecule has 0 bridgehead atoms. The molecule has 0 aliphatic rings. The number of aromatic nitrogens is 2. The molecule has 1 heterocycles. The third-order valence-electron chi connectivity index (χ3n) is 2.58. The Hall–Kier alpha value is -0.940. The van der Waals surface area contributed by atoms with Gasteiger partial charge in [-0.25, -0.2) is 0 Å². The molecule has 1 aromatic heterocycles. The van der Waals surface area contributed by atoms with Gasteiger partial charge in [-0.2, -0.15) is 0 Å². The summed E-state index contributed by atoms with van der Waals surface area (Å²) >= 11 is 0. The molecule has 0 saturated carbocycles. The lowest BCUT2D eigenvalue weighted by molar-refractivity contribution is 0.169. The highest BCUT2D eigenvalue weighted by atomic mass is 16.4. The van der Waals surface area contributed by atoms with E-state index < -0.39 is 0 Å². The summed E-state index contributed by atoms with van der Waals surface area (Å²) in [5.41, 5.74) is 5.84. The van der Waals surface area contributed by atoms with Crippen molar-refractivity contribution in [2.45, 2.75) is 34.2 Å². The molecule has 92 valence electrons. The average Bonchev–Trinajstić information content (AvgIpc) is 2.63. The Kier molecular flexibility index (Phi) is 4.44. The number of hydrogen-bond acceptors (Lipinski definition) is 5. The van der Waals surface area contributed by atoms with Crippen LogP contribution in [0.1, 0.15) is 32.6 Å². The van der Waals surface area contributed by atoms with Gasteiger partial charge < -0.3 is 10.2 Å². The number of nitrogens with two attached hydrogens (primary N) is 1. The van der Waals surface area contributed by atoms with Crippen LogP contribution in [0.5, 0.6) is 0 Å². The van der Waals surface area contributed by atoms with Crippen LogP contribution in [0, 0.1) is 12.3 Å². The minimum absolute atomic E-state index is 0.116. The summed E-state index contributed by atoms with van der Waals surface area (Å²) in [6.07, 6.45) is 0. The van der Waals surface area contributed by atoms with Crippen molar-refractivity contribution in [2.24, 2.45) is 11.1 Å². The molecule has 0 amide bonds. The molecule has 0 fully saturated rings. The van der Waals surface area contributed by atoms with Crippen LogP contribution in [0.2, 0.25) is 0 Å². The Bertz CT molecular complexity index is 322. The maximum atomic E-state index is 5.73. The van der Waals surface area contributed by atoms with E-state index in [2.05, 4.69) is 35.9 Å². The molecular weight excluding hydrogens is 204 g/mol. The highest BCUT2D eigenvalue weighted by Crippen LogP contribution is 2.16. The molecule has 0 aromatic carbocycles. The molecular formula is C11H22N4O. The zero-order valence-electron chi connectivity index (χ0n) is 10.7. The smallest absolute Gasteiger partial charge is 0.230 e. The third-order valence-corrected chi connectivity index (χ3v) is 2.58. The number of hydrogen-bond donors (Lipinski definition) is 1. The summed E-state index contributed by atoms with van der Waals surface area (Å²) in [4.78, 5) is 2.26. The summed E-state index contributed by atoms with van der Waals surface area (Å²) in [7, 11) is 0. The molecule has 5 heteroatoms. The second-order valence-electron chi connectivity index (χ2n) is 4.89. The predicted molar refractivity (Wildman–Crippen MR) is 62.8 cm³/mol. The number of aryl methyl sites for hydroxylation is 1. The van der Waals surface area contributed by atoms with Crippen molar-refractivity contribution in [3.63, 3.8) is 0 Å². The molecule has 0 unspecified atom stereocenters. The van der Waals surface area contributed by atoms with E-state index in [1.54, 1.807) is 6.92 Å². The van der Waals surface area contributed by atoms with Crippen LogP contribution in [0.3, 0.4) is 0 Å². The Balaban J connectivity index is 2.55. The fourth-order valence-corrected chi connectivity index (χ4v) is 1.54. The zero-order valence-corrected chi connectivity index (χ0v) is 10.7. The minimum Gasteiger partial charge on any atom is -0.424 e. The van der Waals surface area contributed by atoms with E-state index in [0.29, 0.717) is 24.9 Å². The second-order valence-corrected chi connectivity index (χ2v) is 4.89. The first-order chi connectivity index (χ1) is 7.46. The van der Waals surface area contributed by atoms with E-state index in [1.807, 2.05) is 0 Å². The number of nitrogens with zero attached hydrogens (tertiary/aromatic N) is 3. The van der Waals surface area contributed by atoms with Gasteiger partial charge in [0.15, 0.2) is 0 Å². The Labute approximate surface area is 97.0 Å². The first-order valence-electron chi connectivity index (χ1n) is 5.68. The lowest BCUT2D eigenvalue weighted by Crippen LogP contribution is -2.38. The molecule has 16 heavy (non-hydrogen) atoms. The molecule has 0 spiro atoms. The Morgan fingerprint density at radius 3 is 2.50 bits per heavy atom. The normalized spacial score (nSPS) is 12.4. The van der Waals surface area contributed by atoms with Crippen LogP contribution in [-0.4, -0.2) is 34.7 Å². The fourth-order valence-electron chi connectivity index (χ4n) is 1.54. The van der Waals surface area contributed by atoms with Crippen LogP contribution in [0.15, 0.2) is 4.42 Å². The maximum absolute atomic E-state index is 5.73. The standard InChI is InChI=1S/C11H22N4O/c1-5-15(8-11(3,4)7-12)6-10-14-13-9(2)16-10/h5-8,12H2,1-4H3. The quantitative estimate of drug-likeness (QED) is 0.789. The van der Waals surface area contributed by atoms with E-state index in [-0.39, 0.29) is 5.41 Å². The van der Waals surface area contributed by atoms with Gasteiger partial charge in [0.25, 0.3) is 0 Å². The van der Waals surface area contributed by atoms with Crippen LogP contribution in [-0.2, 0) is 6.54 Å². The minimum atomic E-state index is 0.116. The molecule has 5 nitrogen and oxygen atoms in total. The first kappa shape index (κ1) is 13.1. The molecule has 0 aliphatic carbocycles. The van der Waals surface area contributed by atoms with E-state index >= 15 is 0 Å². The maximum Gasteiger partial charge on any atom is 0.230 e. The van der Waals surface area contributed by atoms with Gasteiger partial charge >= 0.3 is 0 Å². The third kappa shape index (κ3) is 3.90. The van der Waals surface area contributed by atoms with Gasteiger partial charge in [-0.1, -0.05) is 20.8 Å². The molecule has 0 aliphatic heterocycles. The topological polar surface area (TPSA) is 68.2 Å². The van der Waals surface area contributed by atoms with Crippen LogP contribution in [0.25, 0.3) is 0 Å². The van der Waals surface area contributed by atoms with Crippen LogP contribution >= 0.6 is 0 Å². The van der Waals surface area contributed by atoms with Crippen molar-refractivity contribution in [3.05, 3.63) is 11.8 Å². The van der Waals surface area contributed by atoms with Gasteiger partial charge in [0.2, 0.25) is 11.8 Å². The van der Waals surface area contributed by atoms with Crippen LogP contribution < -0.4 is 5.73 Å². The molecule has 1 rings (SSSR count). The van der Waals surface area contributed by atoms with Gasteiger partial charge in [-0.05, 0) is 18.5 Å². The predicted octanol–water partition coefficient (Wildman–Crippen LogP) is 1.18. The first-order valence-corrected chi connectivity index (χ1v) is 5.68. The van der Waals surface area contributed by atoms with Crippen molar-refractivity contribution in [3.8, 4) is 0 Å². The summed E-state index contributed by atoms with van der Waals surface area (Å²) in [6.45, 7) is 11.5. The molecule has 1 aromatic rings. The van der Waals surface area contributed by atoms with Crippen molar-refractivity contribution in [1.29, 1.82) is 0 Å². The zero-order chi connectivity index (χ0) is 12.2. The van der Waals surface area contributed by atoms with Gasteiger partial charge in [0.1, 0.15) is 0 Å². The van der Waals surface area contributed by atoms with E-state index in [9.17, 15) is 0 Å². The fraction of sp³-hybridized carbons (Fsp3) is 0.818. The molecule has 2 N–H and O–H groups in total. The SMILES string of the molecule is CCN(Cc1nnc(C)o1)CC(C)(C)CN. The number of rotatable bonds is 6.